The van der Waals surface area contributed by atoms with Gasteiger partial charge in [-0.15, -0.1) is 18.0 Å². The molecule has 0 saturated carbocycles. The average molecular weight is 582 g/mol. The monoisotopic (exact) mass is 581 g/mol. The third-order valence-corrected chi connectivity index (χ3v) is 8.23. The first kappa shape index (κ1) is 29.7. The number of halogens is 1. The molecular formula is C13H19ClN5O13P3. The van der Waals surface area contributed by atoms with E-state index in [9.17, 15) is 33.7 Å². The molecule has 0 spiro atoms. The molecule has 0 radical (unpaired) electrons. The molecule has 18 nitrogen and oxygen atoms in total. The molecule has 35 heavy (non-hydrogen) atoms. The number of phosphoric ester groups is 1. The van der Waals surface area contributed by atoms with Gasteiger partial charge in [0.05, 0.1) is 25.4 Å². The lowest BCUT2D eigenvalue weighted by Gasteiger charge is -2.37. The molecule has 2 unspecified atom stereocenters. The number of ether oxygens (including phenoxy) is 1. The van der Waals surface area contributed by atoms with Gasteiger partial charge in [0.25, 0.3) is 0 Å². The Labute approximate surface area is 201 Å². The van der Waals surface area contributed by atoms with E-state index in [4.69, 9.17) is 38.3 Å². The van der Waals surface area contributed by atoms with E-state index in [2.05, 4.69) is 28.1 Å². The minimum absolute atomic E-state index is 0.00892. The maximum absolute atomic E-state index is 12.1. The second kappa shape index (κ2) is 11.3. The van der Waals surface area contributed by atoms with Gasteiger partial charge in [0.15, 0.2) is 17.7 Å². The van der Waals surface area contributed by atoms with E-state index in [1.54, 1.807) is 0 Å². The summed E-state index contributed by atoms with van der Waals surface area (Å²) in [6.07, 6.45) is 4.02. The van der Waals surface area contributed by atoms with Crippen molar-refractivity contribution in [2.75, 3.05) is 24.8 Å². The van der Waals surface area contributed by atoms with Crippen molar-refractivity contribution in [2.24, 2.45) is 0 Å². The van der Waals surface area contributed by atoms with Crippen LogP contribution >= 0.6 is 35.1 Å². The van der Waals surface area contributed by atoms with Crippen LogP contribution in [0.4, 0.5) is 5.82 Å². The van der Waals surface area contributed by atoms with Gasteiger partial charge in [-0.1, -0.05) is 5.92 Å². The number of rotatable bonds is 13. The Hall–Kier alpha value is -1.51. The summed E-state index contributed by atoms with van der Waals surface area (Å²) in [5.41, 5.74) is 3.61. The highest BCUT2D eigenvalue weighted by Gasteiger charge is 2.46. The number of fused-ring (bicyclic) bond motifs is 1. The Morgan fingerprint density at radius 1 is 1.17 bits per heavy atom. The highest BCUT2D eigenvalue weighted by atomic mass is 35.5. The Bertz CT molecular complexity index is 1230. The fourth-order valence-electron chi connectivity index (χ4n) is 2.50. The van der Waals surface area contributed by atoms with E-state index in [0.717, 1.165) is 17.2 Å². The van der Waals surface area contributed by atoms with Gasteiger partial charge in [-0.25, -0.2) is 28.6 Å². The van der Waals surface area contributed by atoms with Crippen LogP contribution in [-0.2, 0) is 31.6 Å². The van der Waals surface area contributed by atoms with Crippen molar-refractivity contribution in [1.29, 1.82) is 0 Å². The largest absolute Gasteiger partial charge is 0.490 e. The lowest BCUT2D eigenvalue weighted by atomic mass is 10.0. The van der Waals surface area contributed by atoms with E-state index in [-0.39, 0.29) is 17.0 Å². The summed E-state index contributed by atoms with van der Waals surface area (Å²) in [7, 11) is -17.1. The maximum Gasteiger partial charge on any atom is 0.490 e. The molecular weight excluding hydrogens is 563 g/mol. The summed E-state index contributed by atoms with van der Waals surface area (Å²) in [6, 6.07) is 0. The topological polar surface area (TPSA) is 279 Å². The van der Waals surface area contributed by atoms with Gasteiger partial charge in [-0.3, -0.25) is 9.09 Å². The second-order valence-electron chi connectivity index (χ2n) is 6.47. The van der Waals surface area contributed by atoms with Gasteiger partial charge in [-0.2, -0.15) is 8.62 Å². The standard InChI is InChI=1S/C13H19ClN5O13P3/c1-2-8(21)13(4-14,5-29-34(25,26)32-35(27,28)31-33(22,23)24)30-9(3-20)19-7-18-10-11(15)16-6-17-12(10)19/h1,6-9,20-21H,3-5H2,(H,25,26)(H,27,28)(H2,15,16,17)(H2,22,23,24)/t8-,9+,13+/m0/s1. The van der Waals surface area contributed by atoms with Crippen molar-refractivity contribution < 1.29 is 61.4 Å². The van der Waals surface area contributed by atoms with Crippen molar-refractivity contribution in [1.82, 2.24) is 19.5 Å². The molecule has 0 bridgehead atoms. The van der Waals surface area contributed by atoms with Crippen LogP contribution in [0, 0.1) is 12.3 Å². The Balaban J connectivity index is 2.33. The lowest BCUT2D eigenvalue weighted by Crippen LogP contribution is -2.51. The van der Waals surface area contributed by atoms with Crippen molar-refractivity contribution in [3.63, 3.8) is 0 Å². The normalized spacial score (nSPS) is 19.3. The molecule has 0 aliphatic heterocycles. The predicted molar refractivity (Wildman–Crippen MR) is 115 cm³/mol. The van der Waals surface area contributed by atoms with E-state index >= 15 is 0 Å². The number of terminal acetylenes is 1. The van der Waals surface area contributed by atoms with Crippen LogP contribution in [0.5, 0.6) is 0 Å². The number of hydrogen-bond acceptors (Lipinski definition) is 13. The molecule has 0 aliphatic rings. The zero-order chi connectivity index (χ0) is 26.7. The summed E-state index contributed by atoms with van der Waals surface area (Å²) in [4.78, 5) is 47.8. The molecule has 196 valence electrons. The van der Waals surface area contributed by atoms with Gasteiger partial charge >= 0.3 is 23.5 Å². The molecule has 5 atom stereocenters. The first-order chi connectivity index (χ1) is 16.1. The van der Waals surface area contributed by atoms with Gasteiger partial charge < -0.3 is 40.3 Å². The minimum Gasteiger partial charge on any atom is -0.392 e. The van der Waals surface area contributed by atoms with E-state index in [0.29, 0.717) is 0 Å². The van der Waals surface area contributed by atoms with Gasteiger partial charge in [-0.05, 0) is 0 Å². The zero-order valence-electron chi connectivity index (χ0n) is 17.1. The van der Waals surface area contributed by atoms with Crippen LogP contribution in [0.15, 0.2) is 12.7 Å². The molecule has 0 fully saturated rings. The molecule has 22 heteroatoms. The average Bonchev–Trinajstić information content (AvgIpc) is 3.16. The van der Waals surface area contributed by atoms with Crippen LogP contribution in [0.25, 0.3) is 11.2 Å². The number of phosphoric acid groups is 3. The fraction of sp³-hybridized carbons (Fsp3) is 0.462. The van der Waals surface area contributed by atoms with Crippen LogP contribution < -0.4 is 5.73 Å². The van der Waals surface area contributed by atoms with Crippen molar-refractivity contribution >= 4 is 52.1 Å². The number of alkyl halides is 1. The van der Waals surface area contributed by atoms with Crippen LogP contribution in [0.1, 0.15) is 6.23 Å². The van der Waals surface area contributed by atoms with Gasteiger partial charge in [0, 0.05) is 0 Å². The smallest absolute Gasteiger partial charge is 0.392 e. The lowest BCUT2D eigenvalue weighted by molar-refractivity contribution is -0.179. The summed E-state index contributed by atoms with van der Waals surface area (Å²) >= 11 is 5.90. The number of nitrogens with zero attached hydrogens (tertiary/aromatic N) is 4. The molecule has 8 N–H and O–H groups in total. The third-order valence-electron chi connectivity index (χ3n) is 3.99. The van der Waals surface area contributed by atoms with E-state index in [1.165, 1.54) is 0 Å². The number of aliphatic hydroxyl groups is 2. The van der Waals surface area contributed by atoms with Gasteiger partial charge in [0.2, 0.25) is 0 Å². The molecule has 2 heterocycles. The first-order valence-electron chi connectivity index (χ1n) is 8.79. The summed E-state index contributed by atoms with van der Waals surface area (Å²) < 4.78 is 52.9. The van der Waals surface area contributed by atoms with E-state index < -0.39 is 60.5 Å². The van der Waals surface area contributed by atoms with Crippen molar-refractivity contribution in [3.05, 3.63) is 12.7 Å². The minimum atomic E-state index is -5.82. The summed E-state index contributed by atoms with van der Waals surface area (Å²) in [5.74, 6) is 1.10. The molecule has 2 aromatic rings. The maximum atomic E-state index is 12.1. The zero-order valence-corrected chi connectivity index (χ0v) is 20.6. The number of aromatic nitrogens is 4. The molecule has 0 aliphatic carbocycles. The fourth-order valence-corrected chi connectivity index (χ4v) is 5.86. The molecule has 0 aromatic carbocycles. The van der Waals surface area contributed by atoms with Crippen LogP contribution in [0.3, 0.4) is 0 Å². The number of anilines is 1. The number of hydrogen-bond donors (Lipinski definition) is 7. The highest BCUT2D eigenvalue weighted by Crippen LogP contribution is 2.66. The quantitative estimate of drug-likeness (QED) is 0.0868. The third kappa shape index (κ3) is 7.73. The second-order valence-corrected chi connectivity index (χ2v) is 11.2. The molecule has 2 aromatic heterocycles. The number of nitrogens with two attached hydrogens (primary N) is 1. The summed E-state index contributed by atoms with van der Waals surface area (Å²) in [6.45, 7) is -2.04. The molecule has 2 rings (SSSR count). The van der Waals surface area contributed by atoms with Crippen molar-refractivity contribution in [3.8, 4) is 12.3 Å². The number of imidazole rings is 1. The van der Waals surface area contributed by atoms with E-state index in [1.807, 2.05) is 5.92 Å². The SMILES string of the molecule is C#C[C@H](O)[C@@](CCl)(COP(=O)(O)OP(=O)(O)OP(=O)(O)O)O[C@H](CO)n1cnc2c(N)ncnc21. The molecule has 0 amide bonds. The number of aliphatic hydroxyl groups excluding tert-OH is 2. The Kier molecular flexibility index (Phi) is 9.56. The van der Waals surface area contributed by atoms with Crippen molar-refractivity contribution in [2.45, 2.75) is 17.9 Å². The Morgan fingerprint density at radius 2 is 1.83 bits per heavy atom. The highest BCUT2D eigenvalue weighted by molar-refractivity contribution is 7.66. The Morgan fingerprint density at radius 3 is 2.37 bits per heavy atom. The first-order valence-corrected chi connectivity index (χ1v) is 13.8. The number of nitrogen functional groups attached to an aromatic ring is 1. The summed E-state index contributed by atoms with van der Waals surface area (Å²) in [5, 5.41) is 20.2. The van der Waals surface area contributed by atoms with Crippen LogP contribution in [0.2, 0.25) is 0 Å². The molecule has 0 saturated heterocycles. The predicted octanol–water partition coefficient (Wildman–Crippen LogP) is -0.769. The van der Waals surface area contributed by atoms with Crippen LogP contribution in [-0.4, -0.2) is 80.1 Å². The van der Waals surface area contributed by atoms with Gasteiger partial charge in [0.1, 0.15) is 23.5 Å².